The second-order valence-electron chi connectivity index (χ2n) is 11.8. The Bertz CT molecular complexity index is 2710. The van der Waals surface area contributed by atoms with Gasteiger partial charge in [-0.2, -0.15) is 0 Å². The van der Waals surface area contributed by atoms with E-state index in [1.165, 1.54) is 43.7 Å². The fourth-order valence-corrected chi connectivity index (χ4v) is 7.33. The highest BCUT2D eigenvalue weighted by Gasteiger charge is 2.20. The second-order valence-corrected chi connectivity index (χ2v) is 11.8. The van der Waals surface area contributed by atoms with Crippen LogP contribution in [0.3, 0.4) is 0 Å². The van der Waals surface area contributed by atoms with Gasteiger partial charge in [0.2, 0.25) is 0 Å². The highest BCUT2D eigenvalue weighted by Crippen LogP contribution is 2.42. The lowest BCUT2D eigenvalue weighted by atomic mass is 10.1. The van der Waals surface area contributed by atoms with Gasteiger partial charge in [0.05, 0.1) is 22.1 Å². The molecular formula is C42H26N2O. The molecule has 0 unspecified atom stereocenters. The van der Waals surface area contributed by atoms with E-state index in [0.29, 0.717) is 0 Å². The van der Waals surface area contributed by atoms with Gasteiger partial charge in [0.1, 0.15) is 5.58 Å². The molecule has 0 atom stereocenters. The van der Waals surface area contributed by atoms with Crippen molar-refractivity contribution in [2.24, 2.45) is 0 Å². The van der Waals surface area contributed by atoms with Gasteiger partial charge in [-0.15, -0.1) is 0 Å². The summed E-state index contributed by atoms with van der Waals surface area (Å²) in [6.07, 6.45) is 0. The summed E-state index contributed by atoms with van der Waals surface area (Å²) in [6.45, 7) is 0. The number of para-hydroxylation sites is 3. The first-order chi connectivity index (χ1) is 22.3. The molecule has 0 bridgehead atoms. The standard InChI is InChI=1S/C42H26N2O/c1-2-11-27(12-3-1)28-13-10-14-29(25-28)44-39-24-21-30(43-37-18-7-4-15-31(37)32-16-5-8-19-38(32)43)26-36(39)34-22-23-35-33-17-6-9-20-40(33)45-42(35)41(34)44/h1-26H. The van der Waals surface area contributed by atoms with E-state index in [-0.39, 0.29) is 0 Å². The van der Waals surface area contributed by atoms with Gasteiger partial charge < -0.3 is 13.6 Å². The predicted octanol–water partition coefficient (Wildman–Crippen LogP) is 11.4. The summed E-state index contributed by atoms with van der Waals surface area (Å²) in [5.74, 6) is 0. The van der Waals surface area contributed by atoms with E-state index in [9.17, 15) is 0 Å². The lowest BCUT2D eigenvalue weighted by molar-refractivity contribution is 0.671. The Morgan fingerprint density at radius 3 is 1.78 bits per heavy atom. The highest BCUT2D eigenvalue weighted by molar-refractivity contribution is 6.22. The SMILES string of the molecule is c1ccc(-c2cccc(-n3c4ccc(-n5c6ccccc6c6ccccc65)cc4c4ccc5c6ccccc6oc5c43)c2)cc1. The summed E-state index contributed by atoms with van der Waals surface area (Å²) in [6, 6.07) is 56.5. The number of hydrogen-bond acceptors (Lipinski definition) is 1. The highest BCUT2D eigenvalue weighted by atomic mass is 16.3. The van der Waals surface area contributed by atoms with Crippen molar-refractivity contribution in [3.63, 3.8) is 0 Å². The van der Waals surface area contributed by atoms with Gasteiger partial charge in [0.15, 0.2) is 5.58 Å². The Labute approximate surface area is 258 Å². The molecule has 0 aliphatic rings. The minimum Gasteiger partial charge on any atom is -0.454 e. The molecular weight excluding hydrogens is 548 g/mol. The molecule has 0 aliphatic heterocycles. The maximum Gasteiger partial charge on any atom is 0.160 e. The fraction of sp³-hybridized carbons (Fsp3) is 0. The summed E-state index contributed by atoms with van der Waals surface area (Å²) in [7, 11) is 0. The second kappa shape index (κ2) is 9.22. The molecule has 10 aromatic rings. The van der Waals surface area contributed by atoms with Crippen molar-refractivity contribution in [2.75, 3.05) is 0 Å². The fourth-order valence-electron chi connectivity index (χ4n) is 7.33. The molecule has 0 saturated carbocycles. The molecule has 7 aromatic carbocycles. The van der Waals surface area contributed by atoms with Gasteiger partial charge in [-0.05, 0) is 65.7 Å². The number of rotatable bonds is 3. The van der Waals surface area contributed by atoms with Crippen LogP contribution < -0.4 is 0 Å². The zero-order valence-corrected chi connectivity index (χ0v) is 24.3. The smallest absolute Gasteiger partial charge is 0.160 e. The molecule has 210 valence electrons. The van der Waals surface area contributed by atoms with Crippen LogP contribution in [-0.4, -0.2) is 9.13 Å². The largest absolute Gasteiger partial charge is 0.454 e. The molecule has 3 heteroatoms. The Morgan fingerprint density at radius 1 is 0.356 bits per heavy atom. The summed E-state index contributed by atoms with van der Waals surface area (Å²) in [5, 5.41) is 7.15. The van der Waals surface area contributed by atoms with E-state index in [2.05, 4.69) is 161 Å². The average Bonchev–Trinajstić information content (AvgIpc) is 3.76. The van der Waals surface area contributed by atoms with Crippen LogP contribution >= 0.6 is 0 Å². The van der Waals surface area contributed by atoms with E-state index in [1.54, 1.807) is 0 Å². The van der Waals surface area contributed by atoms with Crippen LogP contribution in [0.25, 0.3) is 88.1 Å². The number of nitrogens with zero attached hydrogens (tertiary/aromatic N) is 2. The Balaban J connectivity index is 1.32. The normalized spacial score (nSPS) is 12.0. The van der Waals surface area contributed by atoms with Crippen LogP contribution in [0.2, 0.25) is 0 Å². The van der Waals surface area contributed by atoms with E-state index in [1.807, 2.05) is 6.07 Å². The molecule has 10 rings (SSSR count). The molecule has 0 amide bonds. The van der Waals surface area contributed by atoms with Crippen molar-refractivity contribution in [1.29, 1.82) is 0 Å². The summed E-state index contributed by atoms with van der Waals surface area (Å²) >= 11 is 0. The lowest BCUT2D eigenvalue weighted by Gasteiger charge is -2.12. The van der Waals surface area contributed by atoms with E-state index in [4.69, 9.17) is 4.42 Å². The van der Waals surface area contributed by atoms with Crippen molar-refractivity contribution in [2.45, 2.75) is 0 Å². The third kappa shape index (κ3) is 3.46. The predicted molar refractivity (Wildman–Crippen MR) is 188 cm³/mol. The quantitative estimate of drug-likeness (QED) is 0.206. The number of fused-ring (bicyclic) bond motifs is 10. The number of furan rings is 1. The van der Waals surface area contributed by atoms with Crippen molar-refractivity contribution in [3.05, 3.63) is 158 Å². The van der Waals surface area contributed by atoms with Gasteiger partial charge in [-0.1, -0.05) is 103 Å². The molecule has 0 N–H and O–H groups in total. The first-order valence-electron chi connectivity index (χ1n) is 15.4. The lowest BCUT2D eigenvalue weighted by Crippen LogP contribution is -1.96. The van der Waals surface area contributed by atoms with Crippen molar-refractivity contribution in [1.82, 2.24) is 9.13 Å². The first kappa shape index (κ1) is 24.4. The zero-order valence-electron chi connectivity index (χ0n) is 24.3. The van der Waals surface area contributed by atoms with Crippen LogP contribution in [0.15, 0.2) is 162 Å². The van der Waals surface area contributed by atoms with Gasteiger partial charge in [0.25, 0.3) is 0 Å². The molecule has 0 aliphatic carbocycles. The molecule has 45 heavy (non-hydrogen) atoms. The van der Waals surface area contributed by atoms with Crippen LogP contribution in [0.4, 0.5) is 0 Å². The molecule has 0 saturated heterocycles. The third-order valence-corrected chi connectivity index (χ3v) is 9.31. The summed E-state index contributed by atoms with van der Waals surface area (Å²) in [5.41, 5.74) is 11.1. The number of hydrogen-bond donors (Lipinski definition) is 0. The number of benzene rings is 7. The summed E-state index contributed by atoms with van der Waals surface area (Å²) < 4.78 is 11.4. The molecule has 0 spiro atoms. The van der Waals surface area contributed by atoms with Crippen LogP contribution in [0, 0.1) is 0 Å². The molecule has 3 nitrogen and oxygen atoms in total. The van der Waals surface area contributed by atoms with Gasteiger partial charge >= 0.3 is 0 Å². The molecule has 0 fully saturated rings. The van der Waals surface area contributed by atoms with Crippen LogP contribution in [0.5, 0.6) is 0 Å². The van der Waals surface area contributed by atoms with Crippen molar-refractivity contribution < 1.29 is 4.42 Å². The zero-order chi connectivity index (χ0) is 29.5. The van der Waals surface area contributed by atoms with Crippen molar-refractivity contribution in [3.8, 4) is 22.5 Å². The monoisotopic (exact) mass is 574 g/mol. The minimum absolute atomic E-state index is 0.904. The molecule has 3 heterocycles. The summed E-state index contributed by atoms with van der Waals surface area (Å²) in [4.78, 5) is 0. The first-order valence-corrected chi connectivity index (χ1v) is 15.4. The maximum absolute atomic E-state index is 6.66. The van der Waals surface area contributed by atoms with Gasteiger partial charge in [-0.25, -0.2) is 0 Å². The third-order valence-electron chi connectivity index (χ3n) is 9.31. The molecule has 3 aromatic heterocycles. The van der Waals surface area contributed by atoms with Gasteiger partial charge in [-0.3, -0.25) is 0 Å². The van der Waals surface area contributed by atoms with E-state index >= 15 is 0 Å². The Morgan fingerprint density at radius 2 is 0.978 bits per heavy atom. The average molecular weight is 575 g/mol. The minimum atomic E-state index is 0.904. The molecule has 0 radical (unpaired) electrons. The maximum atomic E-state index is 6.66. The Hall–Kier alpha value is -6.06. The van der Waals surface area contributed by atoms with Crippen LogP contribution in [0.1, 0.15) is 0 Å². The number of aromatic nitrogens is 2. The van der Waals surface area contributed by atoms with Crippen molar-refractivity contribution >= 4 is 65.6 Å². The Kier molecular flexibility index (Phi) is 5.00. The van der Waals surface area contributed by atoms with Crippen LogP contribution in [-0.2, 0) is 0 Å². The van der Waals surface area contributed by atoms with E-state index < -0.39 is 0 Å². The van der Waals surface area contributed by atoms with E-state index in [0.717, 1.165) is 44.3 Å². The topological polar surface area (TPSA) is 23.0 Å². The van der Waals surface area contributed by atoms with Gasteiger partial charge in [0, 0.05) is 43.7 Å².